The Balaban J connectivity index is 3.07. The van der Waals surface area contributed by atoms with Crippen LogP contribution in [0, 0.1) is 0 Å². The van der Waals surface area contributed by atoms with E-state index in [-0.39, 0.29) is 6.10 Å². The molecule has 0 fully saturated rings. The third-order valence-corrected chi connectivity index (χ3v) is 2.53. The van der Waals surface area contributed by atoms with Crippen LogP contribution in [0.15, 0.2) is 0 Å². The molecule has 86 valence electrons. The summed E-state index contributed by atoms with van der Waals surface area (Å²) in [5, 5.41) is 12.9. The van der Waals surface area contributed by atoms with Crippen LogP contribution in [0.1, 0.15) is 58.8 Å². The van der Waals surface area contributed by atoms with Crippen molar-refractivity contribution in [1.82, 2.24) is 5.32 Å². The van der Waals surface area contributed by atoms with Crippen LogP contribution in [0.5, 0.6) is 0 Å². The lowest BCUT2D eigenvalue weighted by atomic mass is 10.1. The summed E-state index contributed by atoms with van der Waals surface area (Å²) in [4.78, 5) is 0. The van der Waals surface area contributed by atoms with E-state index in [0.29, 0.717) is 0 Å². The van der Waals surface area contributed by atoms with Crippen molar-refractivity contribution < 1.29 is 5.11 Å². The summed E-state index contributed by atoms with van der Waals surface area (Å²) in [6.07, 6.45) is 8.04. The number of hydrogen-bond acceptors (Lipinski definition) is 2. The standard InChI is InChI=1S/C12H27NO/c1-3-5-6-7-9-12(14)10-8-11-13-4-2/h12-14H,3-11H2,1-2H3. The van der Waals surface area contributed by atoms with Crippen LogP contribution in [0.4, 0.5) is 0 Å². The van der Waals surface area contributed by atoms with Gasteiger partial charge >= 0.3 is 0 Å². The maximum Gasteiger partial charge on any atom is 0.0540 e. The van der Waals surface area contributed by atoms with Crippen molar-refractivity contribution in [3.8, 4) is 0 Å². The first-order valence-corrected chi connectivity index (χ1v) is 6.20. The first kappa shape index (κ1) is 13.9. The molecule has 0 heterocycles. The average Bonchev–Trinajstić information content (AvgIpc) is 2.19. The predicted molar refractivity (Wildman–Crippen MR) is 62.5 cm³/mol. The number of aliphatic hydroxyl groups is 1. The van der Waals surface area contributed by atoms with Gasteiger partial charge in [0.05, 0.1) is 6.10 Å². The normalized spacial score (nSPS) is 13.1. The van der Waals surface area contributed by atoms with E-state index in [1.165, 1.54) is 25.7 Å². The molecule has 2 nitrogen and oxygen atoms in total. The highest BCUT2D eigenvalue weighted by atomic mass is 16.3. The summed E-state index contributed by atoms with van der Waals surface area (Å²) in [7, 11) is 0. The fourth-order valence-corrected chi connectivity index (χ4v) is 1.59. The van der Waals surface area contributed by atoms with Crippen molar-refractivity contribution in [2.45, 2.75) is 64.9 Å². The molecular formula is C12H27NO. The molecule has 0 aliphatic rings. The van der Waals surface area contributed by atoms with Gasteiger partial charge < -0.3 is 10.4 Å². The molecule has 0 rings (SSSR count). The molecule has 0 aliphatic heterocycles. The van der Waals surface area contributed by atoms with Gasteiger partial charge in [-0.25, -0.2) is 0 Å². The van der Waals surface area contributed by atoms with Crippen molar-refractivity contribution in [3.63, 3.8) is 0 Å². The van der Waals surface area contributed by atoms with Crippen LogP contribution >= 0.6 is 0 Å². The molecule has 0 aliphatic carbocycles. The summed E-state index contributed by atoms with van der Waals surface area (Å²) in [6, 6.07) is 0. The van der Waals surface area contributed by atoms with E-state index in [2.05, 4.69) is 19.2 Å². The molecule has 1 atom stereocenters. The SMILES string of the molecule is CCCCCCC(O)CCCNCC. The summed E-state index contributed by atoms with van der Waals surface area (Å²) < 4.78 is 0. The number of rotatable bonds is 10. The summed E-state index contributed by atoms with van der Waals surface area (Å²) in [5.41, 5.74) is 0. The van der Waals surface area contributed by atoms with Gasteiger partial charge in [-0.15, -0.1) is 0 Å². The summed E-state index contributed by atoms with van der Waals surface area (Å²) >= 11 is 0. The lowest BCUT2D eigenvalue weighted by Gasteiger charge is -2.10. The van der Waals surface area contributed by atoms with E-state index in [9.17, 15) is 5.11 Å². The zero-order chi connectivity index (χ0) is 10.6. The van der Waals surface area contributed by atoms with E-state index in [0.717, 1.165) is 32.4 Å². The highest BCUT2D eigenvalue weighted by Gasteiger charge is 2.02. The van der Waals surface area contributed by atoms with Gasteiger partial charge in [-0.05, 0) is 32.4 Å². The molecule has 14 heavy (non-hydrogen) atoms. The lowest BCUT2D eigenvalue weighted by Crippen LogP contribution is -2.16. The molecular weight excluding hydrogens is 174 g/mol. The first-order valence-electron chi connectivity index (χ1n) is 6.20. The number of unbranched alkanes of at least 4 members (excludes halogenated alkanes) is 3. The van der Waals surface area contributed by atoms with Crippen LogP contribution in [-0.2, 0) is 0 Å². The zero-order valence-corrected chi connectivity index (χ0v) is 9.89. The van der Waals surface area contributed by atoms with Gasteiger partial charge in [0.2, 0.25) is 0 Å². The average molecular weight is 201 g/mol. The Bertz CT molecular complexity index is 94.5. The smallest absolute Gasteiger partial charge is 0.0540 e. The Morgan fingerprint density at radius 2 is 1.71 bits per heavy atom. The van der Waals surface area contributed by atoms with Crippen molar-refractivity contribution in [2.75, 3.05) is 13.1 Å². The second-order valence-corrected chi connectivity index (χ2v) is 4.00. The predicted octanol–water partition coefficient (Wildman–Crippen LogP) is 2.71. The lowest BCUT2D eigenvalue weighted by molar-refractivity contribution is 0.148. The number of aliphatic hydroxyl groups excluding tert-OH is 1. The second kappa shape index (κ2) is 11.0. The van der Waals surface area contributed by atoms with Gasteiger partial charge in [0.15, 0.2) is 0 Å². The molecule has 2 heteroatoms. The number of nitrogens with one attached hydrogen (secondary N) is 1. The molecule has 0 aromatic rings. The molecule has 0 aromatic heterocycles. The van der Waals surface area contributed by atoms with Crippen LogP contribution in [-0.4, -0.2) is 24.3 Å². The zero-order valence-electron chi connectivity index (χ0n) is 9.89. The molecule has 0 radical (unpaired) electrons. The Labute approximate surface area is 89.1 Å². The van der Waals surface area contributed by atoms with Gasteiger partial charge in [0.1, 0.15) is 0 Å². The van der Waals surface area contributed by atoms with Crippen molar-refractivity contribution >= 4 is 0 Å². The third-order valence-electron chi connectivity index (χ3n) is 2.53. The van der Waals surface area contributed by atoms with E-state index < -0.39 is 0 Å². The van der Waals surface area contributed by atoms with Gasteiger partial charge in [-0.1, -0.05) is 39.5 Å². The first-order chi connectivity index (χ1) is 6.81. The van der Waals surface area contributed by atoms with Crippen molar-refractivity contribution in [1.29, 1.82) is 0 Å². The minimum atomic E-state index is -0.0643. The maximum atomic E-state index is 9.62. The summed E-state index contributed by atoms with van der Waals surface area (Å²) in [6.45, 7) is 6.41. The molecule has 0 saturated heterocycles. The van der Waals surface area contributed by atoms with Gasteiger partial charge in [0, 0.05) is 0 Å². The van der Waals surface area contributed by atoms with E-state index in [1.54, 1.807) is 0 Å². The number of hydrogen-bond donors (Lipinski definition) is 2. The molecule has 0 amide bonds. The fourth-order valence-electron chi connectivity index (χ4n) is 1.59. The monoisotopic (exact) mass is 201 g/mol. The highest BCUT2D eigenvalue weighted by Crippen LogP contribution is 2.08. The van der Waals surface area contributed by atoms with Gasteiger partial charge in [0.25, 0.3) is 0 Å². The van der Waals surface area contributed by atoms with E-state index >= 15 is 0 Å². The summed E-state index contributed by atoms with van der Waals surface area (Å²) in [5.74, 6) is 0. The highest BCUT2D eigenvalue weighted by molar-refractivity contribution is 4.57. The van der Waals surface area contributed by atoms with Gasteiger partial charge in [-0.2, -0.15) is 0 Å². The molecule has 0 bridgehead atoms. The minimum Gasteiger partial charge on any atom is -0.393 e. The molecule has 1 unspecified atom stereocenters. The molecule has 0 aromatic carbocycles. The van der Waals surface area contributed by atoms with Crippen molar-refractivity contribution in [3.05, 3.63) is 0 Å². The quantitative estimate of drug-likeness (QED) is 0.533. The molecule has 0 spiro atoms. The van der Waals surface area contributed by atoms with E-state index in [1.807, 2.05) is 0 Å². The molecule has 0 saturated carbocycles. The van der Waals surface area contributed by atoms with Gasteiger partial charge in [-0.3, -0.25) is 0 Å². The van der Waals surface area contributed by atoms with Crippen LogP contribution in [0.25, 0.3) is 0 Å². The van der Waals surface area contributed by atoms with E-state index in [4.69, 9.17) is 0 Å². The Kier molecular flexibility index (Phi) is 10.9. The van der Waals surface area contributed by atoms with Crippen molar-refractivity contribution in [2.24, 2.45) is 0 Å². The topological polar surface area (TPSA) is 32.3 Å². The van der Waals surface area contributed by atoms with Crippen LogP contribution < -0.4 is 5.32 Å². The minimum absolute atomic E-state index is 0.0643. The van der Waals surface area contributed by atoms with Crippen LogP contribution in [0.2, 0.25) is 0 Å². The Morgan fingerprint density at radius 1 is 1.00 bits per heavy atom. The Hall–Kier alpha value is -0.0800. The second-order valence-electron chi connectivity index (χ2n) is 4.00. The largest absolute Gasteiger partial charge is 0.393 e. The molecule has 2 N–H and O–H groups in total. The Morgan fingerprint density at radius 3 is 2.36 bits per heavy atom. The maximum absolute atomic E-state index is 9.62. The third kappa shape index (κ3) is 10.0. The fraction of sp³-hybridized carbons (Fsp3) is 1.00. The van der Waals surface area contributed by atoms with Crippen LogP contribution in [0.3, 0.4) is 0 Å².